The van der Waals surface area contributed by atoms with Gasteiger partial charge in [-0.3, -0.25) is 0 Å². The van der Waals surface area contributed by atoms with E-state index in [1.54, 1.807) is 0 Å². The Balaban J connectivity index is 2.33. The van der Waals surface area contributed by atoms with Crippen LogP contribution in [0.2, 0.25) is 0 Å². The van der Waals surface area contributed by atoms with Gasteiger partial charge < -0.3 is 5.32 Å². The zero-order chi connectivity index (χ0) is 10.2. The van der Waals surface area contributed by atoms with Gasteiger partial charge in [0, 0.05) is 5.56 Å². The van der Waals surface area contributed by atoms with Gasteiger partial charge in [0.2, 0.25) is 0 Å². The lowest BCUT2D eigenvalue weighted by atomic mass is 10.1. The predicted octanol–water partition coefficient (Wildman–Crippen LogP) is 2.21. The first-order valence-electron chi connectivity index (χ1n) is 5.13. The van der Waals surface area contributed by atoms with E-state index in [9.17, 15) is 0 Å². The summed E-state index contributed by atoms with van der Waals surface area (Å²) in [4.78, 5) is 0. The number of nitrogens with one attached hydrogen (secondary N) is 1. The van der Waals surface area contributed by atoms with E-state index in [0.29, 0.717) is 0 Å². The molecule has 1 nitrogen and oxygen atoms in total. The Hall–Kier alpha value is -1.26. The molecule has 0 heterocycles. The minimum Gasteiger partial charge on any atom is -0.317 e. The van der Waals surface area contributed by atoms with E-state index >= 15 is 0 Å². The van der Waals surface area contributed by atoms with Crippen molar-refractivity contribution in [2.45, 2.75) is 19.8 Å². The van der Waals surface area contributed by atoms with Gasteiger partial charge in [-0.05, 0) is 43.6 Å². The molecule has 1 aromatic carbocycles. The first kappa shape index (κ1) is 10.8. The van der Waals surface area contributed by atoms with Gasteiger partial charge in [0.05, 0.1) is 0 Å². The molecule has 1 N–H and O–H groups in total. The van der Waals surface area contributed by atoms with Crippen molar-refractivity contribution in [3.63, 3.8) is 0 Å². The van der Waals surface area contributed by atoms with Crippen molar-refractivity contribution in [3.8, 4) is 12.3 Å². The standard InChI is InChI=1S/C13H17N/c1-3-12-7-9-13(10-8-12)6-5-11-14-4-2/h1,7-10,14H,4-6,11H2,2H3. The van der Waals surface area contributed by atoms with Crippen LogP contribution in [-0.2, 0) is 6.42 Å². The zero-order valence-corrected chi connectivity index (χ0v) is 8.72. The average molecular weight is 187 g/mol. The largest absolute Gasteiger partial charge is 0.317 e. The van der Waals surface area contributed by atoms with Crippen LogP contribution in [0.5, 0.6) is 0 Å². The smallest absolute Gasteiger partial charge is 0.0242 e. The molecule has 0 atom stereocenters. The fraction of sp³-hybridized carbons (Fsp3) is 0.385. The van der Waals surface area contributed by atoms with Crippen molar-refractivity contribution in [1.29, 1.82) is 0 Å². The highest BCUT2D eigenvalue weighted by molar-refractivity contribution is 5.34. The highest BCUT2D eigenvalue weighted by Gasteiger charge is 1.92. The number of terminal acetylenes is 1. The molecule has 0 fully saturated rings. The molecular formula is C13H17N. The molecule has 0 amide bonds. The number of aryl methyl sites for hydroxylation is 1. The zero-order valence-electron chi connectivity index (χ0n) is 8.72. The number of benzene rings is 1. The summed E-state index contributed by atoms with van der Waals surface area (Å²) in [7, 11) is 0. The second-order valence-electron chi connectivity index (χ2n) is 3.30. The summed E-state index contributed by atoms with van der Waals surface area (Å²) in [5, 5.41) is 3.31. The molecule has 0 unspecified atom stereocenters. The molecule has 0 saturated carbocycles. The first-order valence-corrected chi connectivity index (χ1v) is 5.13. The Labute approximate surface area is 86.5 Å². The maximum absolute atomic E-state index is 5.28. The summed E-state index contributed by atoms with van der Waals surface area (Å²) in [6, 6.07) is 8.23. The summed E-state index contributed by atoms with van der Waals surface area (Å²) in [6.45, 7) is 4.27. The lowest BCUT2D eigenvalue weighted by Gasteiger charge is -2.02. The maximum Gasteiger partial charge on any atom is 0.0242 e. The Bertz CT molecular complexity index is 292. The number of hydrogen-bond donors (Lipinski definition) is 1. The van der Waals surface area contributed by atoms with E-state index in [4.69, 9.17) is 6.42 Å². The van der Waals surface area contributed by atoms with Crippen molar-refractivity contribution in [2.24, 2.45) is 0 Å². The fourth-order valence-electron chi connectivity index (χ4n) is 1.36. The molecule has 0 saturated heterocycles. The van der Waals surface area contributed by atoms with E-state index in [2.05, 4.69) is 30.3 Å². The SMILES string of the molecule is C#Cc1ccc(CCCNCC)cc1. The van der Waals surface area contributed by atoms with Gasteiger partial charge in [-0.1, -0.05) is 25.0 Å². The molecule has 14 heavy (non-hydrogen) atoms. The van der Waals surface area contributed by atoms with Gasteiger partial charge >= 0.3 is 0 Å². The highest BCUT2D eigenvalue weighted by atomic mass is 14.8. The fourth-order valence-corrected chi connectivity index (χ4v) is 1.36. The number of hydrogen-bond acceptors (Lipinski definition) is 1. The Morgan fingerprint density at radius 1 is 1.29 bits per heavy atom. The van der Waals surface area contributed by atoms with Gasteiger partial charge in [-0.25, -0.2) is 0 Å². The summed E-state index contributed by atoms with van der Waals surface area (Å²) >= 11 is 0. The monoisotopic (exact) mass is 187 g/mol. The lowest BCUT2D eigenvalue weighted by Crippen LogP contribution is -2.14. The van der Waals surface area contributed by atoms with Crippen LogP contribution >= 0.6 is 0 Å². The average Bonchev–Trinajstić information content (AvgIpc) is 2.25. The van der Waals surface area contributed by atoms with Crippen molar-refractivity contribution < 1.29 is 0 Å². The van der Waals surface area contributed by atoms with Gasteiger partial charge in [-0.15, -0.1) is 6.42 Å². The molecule has 0 aliphatic rings. The topological polar surface area (TPSA) is 12.0 Å². The van der Waals surface area contributed by atoms with Crippen LogP contribution in [0.15, 0.2) is 24.3 Å². The van der Waals surface area contributed by atoms with Gasteiger partial charge in [-0.2, -0.15) is 0 Å². The summed E-state index contributed by atoms with van der Waals surface area (Å²) < 4.78 is 0. The van der Waals surface area contributed by atoms with E-state index in [1.165, 1.54) is 12.0 Å². The molecule has 0 aliphatic heterocycles. The van der Waals surface area contributed by atoms with E-state index in [0.717, 1.165) is 25.1 Å². The van der Waals surface area contributed by atoms with Crippen molar-refractivity contribution >= 4 is 0 Å². The molecule has 0 aliphatic carbocycles. The third kappa shape index (κ3) is 3.64. The van der Waals surface area contributed by atoms with Crippen LogP contribution in [0.3, 0.4) is 0 Å². The normalized spacial score (nSPS) is 9.71. The molecule has 74 valence electrons. The molecule has 1 heteroatoms. The predicted molar refractivity (Wildman–Crippen MR) is 61.2 cm³/mol. The van der Waals surface area contributed by atoms with Gasteiger partial charge in [0.15, 0.2) is 0 Å². The first-order chi connectivity index (χ1) is 6.86. The maximum atomic E-state index is 5.28. The molecular weight excluding hydrogens is 170 g/mol. The van der Waals surface area contributed by atoms with Crippen LogP contribution in [0.1, 0.15) is 24.5 Å². The third-order valence-corrected chi connectivity index (χ3v) is 2.19. The van der Waals surface area contributed by atoms with Crippen LogP contribution < -0.4 is 5.32 Å². The minimum absolute atomic E-state index is 0.959. The van der Waals surface area contributed by atoms with Crippen molar-refractivity contribution in [2.75, 3.05) is 13.1 Å². The lowest BCUT2D eigenvalue weighted by molar-refractivity contribution is 0.672. The Morgan fingerprint density at radius 3 is 2.57 bits per heavy atom. The Kier molecular flexibility index (Phi) is 4.82. The van der Waals surface area contributed by atoms with Gasteiger partial charge in [0.25, 0.3) is 0 Å². The molecule has 0 radical (unpaired) electrons. The quantitative estimate of drug-likeness (QED) is 0.550. The Morgan fingerprint density at radius 2 is 2.00 bits per heavy atom. The van der Waals surface area contributed by atoms with E-state index in [1.807, 2.05) is 12.1 Å². The molecule has 1 aromatic rings. The van der Waals surface area contributed by atoms with Crippen molar-refractivity contribution in [1.82, 2.24) is 5.32 Å². The van der Waals surface area contributed by atoms with Crippen molar-refractivity contribution in [3.05, 3.63) is 35.4 Å². The molecule has 1 rings (SSSR count). The summed E-state index contributed by atoms with van der Waals surface area (Å²) in [6.07, 6.45) is 7.59. The van der Waals surface area contributed by atoms with E-state index < -0.39 is 0 Å². The van der Waals surface area contributed by atoms with Crippen LogP contribution in [0.4, 0.5) is 0 Å². The summed E-state index contributed by atoms with van der Waals surface area (Å²) in [5.41, 5.74) is 2.32. The summed E-state index contributed by atoms with van der Waals surface area (Å²) in [5.74, 6) is 2.62. The van der Waals surface area contributed by atoms with Gasteiger partial charge in [0.1, 0.15) is 0 Å². The molecule has 0 bridgehead atoms. The second-order valence-corrected chi connectivity index (χ2v) is 3.30. The number of rotatable bonds is 5. The second kappa shape index (κ2) is 6.23. The van der Waals surface area contributed by atoms with E-state index in [-0.39, 0.29) is 0 Å². The van der Waals surface area contributed by atoms with Crippen LogP contribution in [0, 0.1) is 12.3 Å². The molecule has 0 aromatic heterocycles. The minimum atomic E-state index is 0.959. The molecule has 0 spiro atoms. The van der Waals surface area contributed by atoms with Crippen LogP contribution in [-0.4, -0.2) is 13.1 Å². The van der Waals surface area contributed by atoms with Crippen LogP contribution in [0.25, 0.3) is 0 Å². The highest BCUT2D eigenvalue weighted by Crippen LogP contribution is 2.05. The third-order valence-electron chi connectivity index (χ3n) is 2.19.